The van der Waals surface area contributed by atoms with Crippen molar-refractivity contribution in [1.29, 1.82) is 5.26 Å². The second-order valence-electron chi connectivity index (χ2n) is 8.03. The molecule has 1 aliphatic heterocycles. The van der Waals surface area contributed by atoms with Crippen molar-refractivity contribution < 1.29 is 36.3 Å². The predicted molar refractivity (Wildman–Crippen MR) is 116 cm³/mol. The van der Waals surface area contributed by atoms with Gasteiger partial charge in [-0.3, -0.25) is 9.69 Å². The van der Waals surface area contributed by atoms with Gasteiger partial charge in [0.1, 0.15) is 0 Å². The van der Waals surface area contributed by atoms with Crippen molar-refractivity contribution in [3.63, 3.8) is 0 Å². The zero-order valence-corrected chi connectivity index (χ0v) is 18.4. The van der Waals surface area contributed by atoms with Crippen LogP contribution in [0.1, 0.15) is 35.6 Å². The van der Waals surface area contributed by atoms with Gasteiger partial charge in [0.05, 0.1) is 35.5 Å². The molecule has 0 aromatic heterocycles. The number of nitrogens with one attached hydrogen (secondary N) is 1. The lowest BCUT2D eigenvalue weighted by atomic mass is 9.92. The van der Waals surface area contributed by atoms with Gasteiger partial charge in [-0.2, -0.15) is 18.4 Å². The minimum Gasteiger partial charge on any atom is -0.332 e. The maximum absolute atomic E-state index is 13.7. The molecule has 12 heteroatoms. The third kappa shape index (κ3) is 4.51. The lowest BCUT2D eigenvalue weighted by molar-refractivity contribution is -0.137. The molecule has 186 valence electrons. The highest BCUT2D eigenvalue weighted by molar-refractivity contribution is 6.12. The number of carbonyl (C=O) groups is 3. The Morgan fingerprint density at radius 1 is 1.11 bits per heavy atom. The zero-order chi connectivity index (χ0) is 26.2. The van der Waals surface area contributed by atoms with E-state index in [-0.39, 0.29) is 40.9 Å². The molecule has 1 N–H and O–H groups in total. The highest BCUT2D eigenvalue weighted by atomic mass is 19.4. The average molecular weight is 504 g/mol. The van der Waals surface area contributed by atoms with E-state index in [0.717, 1.165) is 17.0 Å². The Morgan fingerprint density at radius 3 is 2.42 bits per heavy atom. The molecular formula is C24H17F5N4O3. The number of alkyl halides is 5. The topological polar surface area (TPSA) is 93.5 Å². The zero-order valence-electron chi connectivity index (χ0n) is 18.4. The van der Waals surface area contributed by atoms with Crippen molar-refractivity contribution in [3.8, 4) is 6.07 Å². The summed E-state index contributed by atoms with van der Waals surface area (Å²) in [7, 11) is 0. The summed E-state index contributed by atoms with van der Waals surface area (Å²) in [5.74, 6) is -0.449. The van der Waals surface area contributed by atoms with Crippen molar-refractivity contribution in [3.05, 3.63) is 76.5 Å². The monoisotopic (exact) mass is 504 g/mol. The number of benzene rings is 2. The van der Waals surface area contributed by atoms with Crippen LogP contribution in [-0.4, -0.2) is 35.7 Å². The van der Waals surface area contributed by atoms with Crippen molar-refractivity contribution in [2.75, 3.05) is 11.4 Å². The molecule has 7 nitrogen and oxygen atoms in total. The largest absolute Gasteiger partial charge is 0.416 e. The standard InChI is InChI=1S/C24H17F5N4O3/c25-19(26)12-31-22(35)33-21(14-6-4-13(11-30)5-7-14)20-17(8-9-18(20)34)32(23(33)36)16-3-1-2-15(10-16)24(27,28)29/h1-7,10,19,21H,8-9,12H2,(H,31,35)/t21-/m1/s1. The Bertz CT molecular complexity index is 1300. The highest BCUT2D eigenvalue weighted by Crippen LogP contribution is 2.45. The second kappa shape index (κ2) is 9.41. The number of imide groups is 1. The van der Waals surface area contributed by atoms with Gasteiger partial charge in [-0.05, 0) is 42.3 Å². The lowest BCUT2D eigenvalue weighted by Crippen LogP contribution is -2.55. The summed E-state index contributed by atoms with van der Waals surface area (Å²) in [5.41, 5.74) is -0.669. The van der Waals surface area contributed by atoms with Gasteiger partial charge in [-0.25, -0.2) is 23.3 Å². The normalized spacial score (nSPS) is 18.0. The number of carbonyl (C=O) groups excluding carboxylic acids is 3. The molecule has 1 heterocycles. The van der Waals surface area contributed by atoms with Gasteiger partial charge in [0.2, 0.25) is 0 Å². The molecule has 36 heavy (non-hydrogen) atoms. The van der Waals surface area contributed by atoms with E-state index in [9.17, 15) is 36.3 Å². The minimum absolute atomic E-state index is 0.0103. The first-order chi connectivity index (χ1) is 17.0. The number of nitrogens with zero attached hydrogens (tertiary/aromatic N) is 3. The number of rotatable bonds is 4. The first kappa shape index (κ1) is 24.8. The van der Waals surface area contributed by atoms with Crippen molar-refractivity contribution in [2.24, 2.45) is 0 Å². The van der Waals surface area contributed by atoms with E-state index in [1.165, 1.54) is 30.3 Å². The van der Waals surface area contributed by atoms with Gasteiger partial charge in [0.15, 0.2) is 5.78 Å². The molecule has 0 radical (unpaired) electrons. The summed E-state index contributed by atoms with van der Waals surface area (Å²) in [6.07, 6.45) is -7.71. The molecule has 0 fully saturated rings. The molecule has 1 aliphatic carbocycles. The number of allylic oxidation sites excluding steroid dienone is 1. The van der Waals surface area contributed by atoms with Crippen LogP contribution >= 0.6 is 0 Å². The first-order valence-corrected chi connectivity index (χ1v) is 10.7. The van der Waals surface area contributed by atoms with Crippen molar-refractivity contribution in [1.82, 2.24) is 10.2 Å². The van der Waals surface area contributed by atoms with Gasteiger partial charge < -0.3 is 5.32 Å². The fraction of sp³-hybridized carbons (Fsp3) is 0.250. The fourth-order valence-corrected chi connectivity index (χ4v) is 4.26. The van der Waals surface area contributed by atoms with Crippen LogP contribution in [0.15, 0.2) is 59.8 Å². The summed E-state index contributed by atoms with van der Waals surface area (Å²) in [6.45, 7) is -1.09. The third-order valence-electron chi connectivity index (χ3n) is 5.81. The molecule has 4 rings (SSSR count). The van der Waals surface area contributed by atoms with Gasteiger partial charge in [-0.1, -0.05) is 18.2 Å². The SMILES string of the molecule is N#Cc1ccc([C@@H]2C3=C(CCC3=O)N(c3cccc(C(F)(F)F)c3)C(=O)N2C(=O)NCC(F)F)cc1. The van der Waals surface area contributed by atoms with Crippen LogP contribution in [0.4, 0.5) is 37.2 Å². The Morgan fingerprint density at radius 2 is 1.81 bits per heavy atom. The van der Waals surface area contributed by atoms with Crippen molar-refractivity contribution in [2.45, 2.75) is 31.5 Å². The minimum atomic E-state index is -4.73. The summed E-state index contributed by atoms with van der Waals surface area (Å²) in [5, 5.41) is 11.0. The molecule has 0 unspecified atom stereocenters. The maximum Gasteiger partial charge on any atom is 0.416 e. The molecular weight excluding hydrogens is 487 g/mol. The predicted octanol–water partition coefficient (Wildman–Crippen LogP) is 5.15. The van der Waals surface area contributed by atoms with Gasteiger partial charge >= 0.3 is 18.2 Å². The molecule has 2 aromatic carbocycles. The van der Waals surface area contributed by atoms with Crippen LogP contribution in [0, 0.1) is 11.3 Å². The molecule has 0 saturated carbocycles. The van der Waals surface area contributed by atoms with E-state index in [2.05, 4.69) is 0 Å². The van der Waals surface area contributed by atoms with Crippen LogP contribution in [-0.2, 0) is 11.0 Å². The number of ketones is 1. The average Bonchev–Trinajstić information content (AvgIpc) is 3.22. The van der Waals surface area contributed by atoms with E-state index in [4.69, 9.17) is 5.26 Å². The van der Waals surface area contributed by atoms with Crippen LogP contribution < -0.4 is 10.2 Å². The number of amides is 4. The molecule has 2 aromatic rings. The number of nitriles is 1. The molecule has 4 amide bonds. The summed E-state index contributed by atoms with van der Waals surface area (Å²) in [6, 6.07) is 7.67. The number of Topliss-reactive ketones (excluding diaryl/α,β-unsaturated/α-hetero) is 1. The third-order valence-corrected chi connectivity index (χ3v) is 5.81. The van der Waals surface area contributed by atoms with Crippen LogP contribution in [0.5, 0.6) is 0 Å². The maximum atomic E-state index is 13.7. The van der Waals surface area contributed by atoms with Gasteiger partial charge in [0.25, 0.3) is 6.43 Å². The van der Waals surface area contributed by atoms with E-state index < -0.39 is 48.6 Å². The van der Waals surface area contributed by atoms with Crippen LogP contribution in [0.25, 0.3) is 0 Å². The number of urea groups is 2. The summed E-state index contributed by atoms with van der Waals surface area (Å²) < 4.78 is 65.7. The summed E-state index contributed by atoms with van der Waals surface area (Å²) >= 11 is 0. The lowest BCUT2D eigenvalue weighted by Gasteiger charge is -2.41. The molecule has 1 atom stereocenters. The molecule has 0 spiro atoms. The number of hydrogen-bond acceptors (Lipinski definition) is 4. The Kier molecular flexibility index (Phi) is 6.49. The quantitative estimate of drug-likeness (QED) is 0.583. The Balaban J connectivity index is 1.90. The van der Waals surface area contributed by atoms with Gasteiger partial charge in [0, 0.05) is 17.7 Å². The molecule has 2 aliphatic rings. The first-order valence-electron chi connectivity index (χ1n) is 10.7. The van der Waals surface area contributed by atoms with E-state index in [1.807, 2.05) is 11.4 Å². The Labute approximate surface area is 201 Å². The smallest absolute Gasteiger partial charge is 0.332 e. The molecule has 0 saturated heterocycles. The van der Waals surface area contributed by atoms with E-state index >= 15 is 0 Å². The van der Waals surface area contributed by atoms with Gasteiger partial charge in [-0.15, -0.1) is 0 Å². The van der Waals surface area contributed by atoms with Crippen LogP contribution in [0.2, 0.25) is 0 Å². The van der Waals surface area contributed by atoms with E-state index in [1.54, 1.807) is 0 Å². The number of halogens is 5. The van der Waals surface area contributed by atoms with E-state index in [0.29, 0.717) is 11.0 Å². The number of anilines is 1. The van der Waals surface area contributed by atoms with Crippen LogP contribution in [0.3, 0.4) is 0 Å². The van der Waals surface area contributed by atoms with Crippen molar-refractivity contribution >= 4 is 23.5 Å². The molecule has 0 bridgehead atoms. The fourth-order valence-electron chi connectivity index (χ4n) is 4.26. The Hall–Kier alpha value is -4.27. The highest BCUT2D eigenvalue weighted by Gasteiger charge is 2.48. The second-order valence-corrected chi connectivity index (χ2v) is 8.03. The number of hydrogen-bond donors (Lipinski definition) is 1. The summed E-state index contributed by atoms with van der Waals surface area (Å²) in [4.78, 5) is 41.0.